The van der Waals surface area contributed by atoms with E-state index in [9.17, 15) is 0 Å². The van der Waals surface area contributed by atoms with Gasteiger partial charge in [0.25, 0.3) is 0 Å². The SMILES string of the molecule is Cc1ccc(C2=CC(C)c3ccccc3O2)cc1. The van der Waals surface area contributed by atoms with E-state index in [2.05, 4.69) is 56.3 Å². The molecule has 0 fully saturated rings. The predicted molar refractivity (Wildman–Crippen MR) is 74.6 cm³/mol. The summed E-state index contributed by atoms with van der Waals surface area (Å²) in [4.78, 5) is 0. The Morgan fingerprint density at radius 1 is 0.944 bits per heavy atom. The van der Waals surface area contributed by atoms with Gasteiger partial charge in [-0.25, -0.2) is 0 Å². The van der Waals surface area contributed by atoms with Gasteiger partial charge in [0.1, 0.15) is 11.5 Å². The number of benzene rings is 2. The second kappa shape index (κ2) is 4.34. The summed E-state index contributed by atoms with van der Waals surface area (Å²) in [5.74, 6) is 2.33. The molecule has 1 atom stereocenters. The third-order valence-electron chi connectivity index (χ3n) is 3.37. The Bertz CT molecular complexity index is 593. The first-order valence-electron chi connectivity index (χ1n) is 6.29. The number of hydrogen-bond acceptors (Lipinski definition) is 1. The van der Waals surface area contributed by atoms with Crippen LogP contribution in [-0.2, 0) is 0 Å². The number of ether oxygens (including phenoxy) is 1. The van der Waals surface area contributed by atoms with Crippen LogP contribution in [0.25, 0.3) is 5.76 Å². The van der Waals surface area contributed by atoms with Crippen LogP contribution in [0.5, 0.6) is 5.75 Å². The zero-order valence-electron chi connectivity index (χ0n) is 10.7. The molecule has 1 aliphatic heterocycles. The fourth-order valence-electron chi connectivity index (χ4n) is 2.29. The fourth-order valence-corrected chi connectivity index (χ4v) is 2.29. The molecule has 90 valence electrons. The van der Waals surface area contributed by atoms with Crippen LogP contribution in [0.1, 0.15) is 29.5 Å². The summed E-state index contributed by atoms with van der Waals surface area (Å²) in [5.41, 5.74) is 3.67. The van der Waals surface area contributed by atoms with Crippen LogP contribution in [0.3, 0.4) is 0 Å². The highest BCUT2D eigenvalue weighted by atomic mass is 16.5. The molecule has 0 aromatic heterocycles. The molecule has 0 saturated heterocycles. The first-order valence-corrected chi connectivity index (χ1v) is 6.29. The average molecular weight is 236 g/mol. The first kappa shape index (κ1) is 11.1. The zero-order chi connectivity index (χ0) is 12.5. The standard InChI is InChI=1S/C17H16O/c1-12-7-9-14(10-8-12)17-11-13(2)15-5-3-4-6-16(15)18-17/h3-11,13H,1-2H3. The Morgan fingerprint density at radius 2 is 1.67 bits per heavy atom. The van der Waals surface area contributed by atoms with Crippen molar-refractivity contribution in [2.24, 2.45) is 0 Å². The van der Waals surface area contributed by atoms with Crippen molar-refractivity contribution in [3.63, 3.8) is 0 Å². The summed E-state index contributed by atoms with van der Waals surface area (Å²) in [6.07, 6.45) is 2.19. The van der Waals surface area contributed by atoms with Crippen molar-refractivity contribution in [1.29, 1.82) is 0 Å². The summed E-state index contributed by atoms with van der Waals surface area (Å²) in [7, 11) is 0. The second-order valence-electron chi connectivity index (χ2n) is 4.83. The van der Waals surface area contributed by atoms with Gasteiger partial charge >= 0.3 is 0 Å². The zero-order valence-corrected chi connectivity index (χ0v) is 10.7. The first-order chi connectivity index (χ1) is 8.74. The van der Waals surface area contributed by atoms with Gasteiger partial charge in [-0.1, -0.05) is 55.0 Å². The highest BCUT2D eigenvalue weighted by Gasteiger charge is 2.18. The van der Waals surface area contributed by atoms with Gasteiger partial charge in [0.2, 0.25) is 0 Å². The maximum absolute atomic E-state index is 5.99. The van der Waals surface area contributed by atoms with E-state index >= 15 is 0 Å². The highest BCUT2D eigenvalue weighted by molar-refractivity contribution is 5.66. The van der Waals surface area contributed by atoms with E-state index in [4.69, 9.17) is 4.74 Å². The fraction of sp³-hybridized carbons (Fsp3) is 0.176. The molecule has 2 aromatic carbocycles. The molecule has 0 spiro atoms. The van der Waals surface area contributed by atoms with Crippen molar-refractivity contribution in [1.82, 2.24) is 0 Å². The summed E-state index contributed by atoms with van der Waals surface area (Å²) in [6.45, 7) is 4.30. The Morgan fingerprint density at radius 3 is 2.44 bits per heavy atom. The van der Waals surface area contributed by atoms with E-state index in [1.807, 2.05) is 12.1 Å². The summed E-state index contributed by atoms with van der Waals surface area (Å²) < 4.78 is 5.99. The Hall–Kier alpha value is -2.02. The van der Waals surface area contributed by atoms with Gasteiger partial charge in [-0.2, -0.15) is 0 Å². The molecule has 1 unspecified atom stereocenters. The van der Waals surface area contributed by atoms with Crippen molar-refractivity contribution < 1.29 is 4.74 Å². The number of hydrogen-bond donors (Lipinski definition) is 0. The van der Waals surface area contributed by atoms with Gasteiger partial charge in [0, 0.05) is 17.0 Å². The molecule has 0 saturated carbocycles. The van der Waals surface area contributed by atoms with E-state index < -0.39 is 0 Å². The minimum atomic E-state index is 0.395. The van der Waals surface area contributed by atoms with Gasteiger partial charge in [-0.3, -0.25) is 0 Å². The van der Waals surface area contributed by atoms with E-state index in [0.29, 0.717) is 5.92 Å². The molecule has 0 N–H and O–H groups in total. The lowest BCUT2D eigenvalue weighted by Crippen LogP contribution is -2.06. The lowest BCUT2D eigenvalue weighted by molar-refractivity contribution is 0.490. The normalized spacial score (nSPS) is 17.7. The smallest absolute Gasteiger partial charge is 0.131 e. The Kier molecular flexibility index (Phi) is 2.67. The highest BCUT2D eigenvalue weighted by Crippen LogP contribution is 2.36. The molecule has 3 rings (SSSR count). The molecule has 1 heterocycles. The lowest BCUT2D eigenvalue weighted by Gasteiger charge is -2.22. The second-order valence-corrected chi connectivity index (χ2v) is 4.83. The van der Waals surface area contributed by atoms with Gasteiger partial charge in [0.15, 0.2) is 0 Å². The number of allylic oxidation sites excluding steroid dienone is 1. The third-order valence-corrected chi connectivity index (χ3v) is 3.37. The van der Waals surface area contributed by atoms with Crippen LogP contribution in [0.4, 0.5) is 0 Å². The van der Waals surface area contributed by atoms with Crippen LogP contribution in [-0.4, -0.2) is 0 Å². The van der Waals surface area contributed by atoms with Gasteiger partial charge < -0.3 is 4.74 Å². The van der Waals surface area contributed by atoms with E-state index in [1.165, 1.54) is 11.1 Å². The number of para-hydroxylation sites is 1. The third kappa shape index (κ3) is 1.92. The molecular formula is C17H16O. The lowest BCUT2D eigenvalue weighted by atomic mass is 9.95. The largest absolute Gasteiger partial charge is 0.457 e. The van der Waals surface area contributed by atoms with E-state index in [0.717, 1.165) is 17.1 Å². The van der Waals surface area contributed by atoms with Crippen LogP contribution < -0.4 is 4.74 Å². The summed E-state index contributed by atoms with van der Waals surface area (Å²) >= 11 is 0. The van der Waals surface area contributed by atoms with Crippen molar-refractivity contribution in [3.8, 4) is 5.75 Å². The molecule has 1 heteroatoms. The topological polar surface area (TPSA) is 9.23 Å². The average Bonchev–Trinajstić information content (AvgIpc) is 2.39. The molecule has 0 amide bonds. The maximum Gasteiger partial charge on any atom is 0.131 e. The maximum atomic E-state index is 5.99. The minimum absolute atomic E-state index is 0.395. The van der Waals surface area contributed by atoms with Crippen molar-refractivity contribution in [2.45, 2.75) is 19.8 Å². The summed E-state index contributed by atoms with van der Waals surface area (Å²) in [6, 6.07) is 16.7. The van der Waals surface area contributed by atoms with E-state index in [-0.39, 0.29) is 0 Å². The number of fused-ring (bicyclic) bond motifs is 1. The van der Waals surface area contributed by atoms with Gasteiger partial charge in [-0.05, 0) is 19.1 Å². The van der Waals surface area contributed by atoms with Crippen molar-refractivity contribution in [3.05, 3.63) is 71.3 Å². The Labute approximate surface area is 108 Å². The molecule has 0 aliphatic carbocycles. The van der Waals surface area contributed by atoms with Crippen LogP contribution in [0.15, 0.2) is 54.6 Å². The van der Waals surface area contributed by atoms with E-state index in [1.54, 1.807) is 0 Å². The monoisotopic (exact) mass is 236 g/mol. The van der Waals surface area contributed by atoms with Crippen LogP contribution in [0.2, 0.25) is 0 Å². The van der Waals surface area contributed by atoms with Crippen LogP contribution in [0, 0.1) is 6.92 Å². The molecule has 2 aromatic rings. The molecule has 1 nitrogen and oxygen atoms in total. The van der Waals surface area contributed by atoms with Crippen LogP contribution >= 0.6 is 0 Å². The predicted octanol–water partition coefficient (Wildman–Crippen LogP) is 4.53. The molecule has 0 radical (unpaired) electrons. The molecule has 0 bridgehead atoms. The molecular weight excluding hydrogens is 220 g/mol. The Balaban J connectivity index is 1.99. The van der Waals surface area contributed by atoms with Crippen molar-refractivity contribution in [2.75, 3.05) is 0 Å². The number of aryl methyl sites for hydroxylation is 1. The van der Waals surface area contributed by atoms with Gasteiger partial charge in [0.05, 0.1) is 0 Å². The minimum Gasteiger partial charge on any atom is -0.457 e. The number of rotatable bonds is 1. The van der Waals surface area contributed by atoms with Gasteiger partial charge in [-0.15, -0.1) is 0 Å². The van der Waals surface area contributed by atoms with Crippen molar-refractivity contribution >= 4 is 5.76 Å². The quantitative estimate of drug-likeness (QED) is 0.706. The molecule has 18 heavy (non-hydrogen) atoms. The molecule has 1 aliphatic rings. The summed E-state index contributed by atoms with van der Waals surface area (Å²) in [5, 5.41) is 0.